The minimum atomic E-state index is 0.00916. The van der Waals surface area contributed by atoms with E-state index in [2.05, 4.69) is 16.8 Å². The molecule has 8 heteroatoms. The maximum Gasteiger partial charge on any atom is 0.248 e. The molecule has 2 aliphatic rings. The van der Waals surface area contributed by atoms with Crippen LogP contribution in [0.4, 0.5) is 0 Å². The molecule has 1 amide bonds. The second-order valence-corrected chi connectivity index (χ2v) is 8.26. The van der Waals surface area contributed by atoms with Gasteiger partial charge in [-0.25, -0.2) is 4.99 Å². The van der Waals surface area contributed by atoms with Gasteiger partial charge in [-0.15, -0.1) is 0 Å². The number of benzene rings is 1. The minimum Gasteiger partial charge on any atom is -0.507 e. The van der Waals surface area contributed by atoms with Gasteiger partial charge in [0.2, 0.25) is 5.91 Å². The Morgan fingerprint density at radius 3 is 2.52 bits per heavy atom. The van der Waals surface area contributed by atoms with Gasteiger partial charge in [0.1, 0.15) is 5.75 Å². The first-order chi connectivity index (χ1) is 13.9. The first-order valence-electron chi connectivity index (χ1n) is 9.74. The van der Waals surface area contributed by atoms with E-state index < -0.39 is 0 Å². The van der Waals surface area contributed by atoms with Crippen LogP contribution in [0.1, 0.15) is 28.4 Å². The Labute approximate surface area is 176 Å². The van der Waals surface area contributed by atoms with Gasteiger partial charge in [0, 0.05) is 51.0 Å². The minimum absolute atomic E-state index is 0.00916. The van der Waals surface area contributed by atoms with Crippen molar-refractivity contribution in [3.63, 3.8) is 0 Å². The van der Waals surface area contributed by atoms with E-state index in [9.17, 15) is 14.7 Å². The number of hydrogen-bond acceptors (Lipinski definition) is 6. The molecule has 0 aliphatic carbocycles. The Morgan fingerprint density at radius 1 is 1.14 bits per heavy atom. The molecule has 0 aromatic heterocycles. The van der Waals surface area contributed by atoms with Gasteiger partial charge in [0.05, 0.1) is 5.56 Å². The Morgan fingerprint density at radius 2 is 1.86 bits per heavy atom. The average molecular weight is 417 g/mol. The van der Waals surface area contributed by atoms with E-state index >= 15 is 0 Å². The molecule has 0 spiro atoms. The smallest absolute Gasteiger partial charge is 0.248 e. The van der Waals surface area contributed by atoms with Crippen molar-refractivity contribution in [2.75, 3.05) is 46.0 Å². The molecule has 0 radical (unpaired) electrons. The number of likely N-dealkylation sites (N-methyl/N-ethyl adjacent to an activating group) is 1. The summed E-state index contributed by atoms with van der Waals surface area (Å²) < 4.78 is 0. The summed E-state index contributed by atoms with van der Waals surface area (Å²) in [4.78, 5) is 34.6. The van der Waals surface area contributed by atoms with Gasteiger partial charge in [-0.3, -0.25) is 9.59 Å². The van der Waals surface area contributed by atoms with E-state index in [0.29, 0.717) is 24.1 Å². The Hall–Kier alpha value is -2.32. The number of piperazine rings is 1. The number of aliphatic imine (C=N–C) groups is 1. The number of thioether (sulfide) groups is 1. The molecule has 0 unspecified atom stereocenters. The maximum atomic E-state index is 12.5. The zero-order chi connectivity index (χ0) is 21.0. The SMILES string of the molecule is CSC(=N/C(C)=C/C(=O)N1CCN(C)CC1)N1CCc2cc(O)c(C=O)cc2C1. The molecule has 2 aliphatic heterocycles. The van der Waals surface area contributed by atoms with Crippen LogP contribution in [0.2, 0.25) is 0 Å². The number of carbonyl (C=O) groups is 2. The van der Waals surface area contributed by atoms with Gasteiger partial charge in [-0.1, -0.05) is 11.8 Å². The molecular formula is C21H28N4O3S. The second-order valence-electron chi connectivity index (χ2n) is 7.48. The lowest BCUT2D eigenvalue weighted by Gasteiger charge is -2.32. The summed E-state index contributed by atoms with van der Waals surface area (Å²) in [7, 11) is 2.06. The summed E-state index contributed by atoms with van der Waals surface area (Å²) in [6.07, 6.45) is 5.03. The number of aldehydes is 1. The molecule has 1 aromatic carbocycles. The van der Waals surface area contributed by atoms with Crippen molar-refractivity contribution in [1.29, 1.82) is 0 Å². The van der Waals surface area contributed by atoms with Crippen molar-refractivity contribution in [2.45, 2.75) is 19.9 Å². The van der Waals surface area contributed by atoms with Crippen molar-refractivity contribution in [3.05, 3.63) is 40.6 Å². The van der Waals surface area contributed by atoms with E-state index in [1.807, 2.05) is 18.1 Å². The van der Waals surface area contributed by atoms with Crippen molar-refractivity contribution in [2.24, 2.45) is 4.99 Å². The Balaban J connectivity index is 1.72. The standard InChI is InChI=1S/C21H28N4O3S/c1-15(10-20(28)24-8-6-23(2)7-9-24)22-21(29-3)25-5-4-16-12-19(27)18(14-26)11-17(16)13-25/h10-12,14,27H,4-9,13H2,1-3H3/b15-10+,22-21?. The summed E-state index contributed by atoms with van der Waals surface area (Å²) in [5.74, 6) is 0.0436. The lowest BCUT2D eigenvalue weighted by Crippen LogP contribution is -2.46. The third kappa shape index (κ3) is 5.19. The van der Waals surface area contributed by atoms with Crippen LogP contribution in [-0.4, -0.2) is 83.2 Å². The number of phenols is 1. The highest BCUT2D eigenvalue weighted by Gasteiger charge is 2.21. The lowest BCUT2D eigenvalue weighted by atomic mass is 9.97. The second kappa shape index (κ2) is 9.45. The normalized spacial score (nSPS) is 18.6. The number of phenolic OH excluding ortho intramolecular Hbond substituents is 1. The molecule has 0 bridgehead atoms. The summed E-state index contributed by atoms with van der Waals surface area (Å²) in [6.45, 7) is 6.51. The molecule has 1 N–H and O–H groups in total. The molecule has 3 rings (SSSR count). The number of amidine groups is 1. The quantitative estimate of drug-likeness (QED) is 0.351. The first kappa shape index (κ1) is 21.4. The number of hydrogen-bond donors (Lipinski definition) is 1. The third-order valence-corrected chi connectivity index (χ3v) is 6.08. The number of rotatable bonds is 3. The van der Waals surface area contributed by atoms with Crippen LogP contribution in [0.5, 0.6) is 5.75 Å². The Kier molecular flexibility index (Phi) is 6.97. The van der Waals surface area contributed by atoms with Gasteiger partial charge < -0.3 is 19.8 Å². The van der Waals surface area contributed by atoms with E-state index in [1.54, 1.807) is 30.0 Å². The van der Waals surface area contributed by atoms with Gasteiger partial charge >= 0.3 is 0 Å². The molecule has 1 saturated heterocycles. The highest BCUT2D eigenvalue weighted by atomic mass is 32.2. The fourth-order valence-corrected chi connectivity index (χ4v) is 4.25. The van der Waals surface area contributed by atoms with E-state index in [1.165, 1.54) is 0 Å². The van der Waals surface area contributed by atoms with Gasteiger partial charge in [0.25, 0.3) is 0 Å². The highest BCUT2D eigenvalue weighted by Crippen LogP contribution is 2.27. The van der Waals surface area contributed by atoms with Crippen LogP contribution in [0, 0.1) is 0 Å². The van der Waals surface area contributed by atoms with Crippen LogP contribution in [0.25, 0.3) is 0 Å². The molecule has 1 aromatic rings. The van der Waals surface area contributed by atoms with Gasteiger partial charge in [-0.2, -0.15) is 0 Å². The summed E-state index contributed by atoms with van der Waals surface area (Å²) in [6, 6.07) is 3.44. The average Bonchev–Trinajstić information content (AvgIpc) is 2.71. The molecule has 29 heavy (non-hydrogen) atoms. The van der Waals surface area contributed by atoms with Crippen molar-refractivity contribution >= 4 is 29.1 Å². The molecule has 7 nitrogen and oxygen atoms in total. The monoisotopic (exact) mass is 416 g/mol. The predicted molar refractivity (Wildman–Crippen MR) is 116 cm³/mol. The maximum absolute atomic E-state index is 12.5. The number of fused-ring (bicyclic) bond motifs is 1. The molecule has 1 fully saturated rings. The van der Waals surface area contributed by atoms with Crippen molar-refractivity contribution in [1.82, 2.24) is 14.7 Å². The van der Waals surface area contributed by atoms with Crippen LogP contribution in [0.3, 0.4) is 0 Å². The zero-order valence-electron chi connectivity index (χ0n) is 17.2. The van der Waals surface area contributed by atoms with Gasteiger partial charge in [-0.05, 0) is 49.9 Å². The molecule has 0 atom stereocenters. The molecular weight excluding hydrogens is 388 g/mol. The summed E-state index contributed by atoms with van der Waals surface area (Å²) >= 11 is 1.54. The number of nitrogens with zero attached hydrogens (tertiary/aromatic N) is 4. The fraction of sp³-hybridized carbons (Fsp3) is 0.476. The predicted octanol–water partition coefficient (Wildman–Crippen LogP) is 1.96. The highest BCUT2D eigenvalue weighted by molar-refractivity contribution is 8.13. The van der Waals surface area contributed by atoms with E-state index in [4.69, 9.17) is 4.99 Å². The first-order valence-corrected chi connectivity index (χ1v) is 11.0. The molecule has 156 valence electrons. The van der Waals surface area contributed by atoms with Crippen LogP contribution in [-0.2, 0) is 17.8 Å². The number of allylic oxidation sites excluding steroid dienone is 1. The number of amides is 1. The zero-order valence-corrected chi connectivity index (χ0v) is 18.0. The van der Waals surface area contributed by atoms with Crippen molar-refractivity contribution < 1.29 is 14.7 Å². The molecule has 0 saturated carbocycles. The van der Waals surface area contributed by atoms with E-state index in [-0.39, 0.29) is 11.7 Å². The Bertz CT molecular complexity index is 845. The van der Waals surface area contributed by atoms with Crippen LogP contribution >= 0.6 is 11.8 Å². The van der Waals surface area contributed by atoms with Crippen molar-refractivity contribution in [3.8, 4) is 5.75 Å². The number of aromatic hydroxyl groups is 1. The summed E-state index contributed by atoms with van der Waals surface area (Å²) in [5.41, 5.74) is 3.07. The van der Waals surface area contributed by atoms with E-state index in [0.717, 1.165) is 55.4 Å². The lowest BCUT2D eigenvalue weighted by molar-refractivity contribution is -0.127. The largest absolute Gasteiger partial charge is 0.507 e. The topological polar surface area (TPSA) is 76.5 Å². The fourth-order valence-electron chi connectivity index (χ4n) is 3.60. The van der Waals surface area contributed by atoms with Crippen LogP contribution in [0.15, 0.2) is 28.9 Å². The third-order valence-electron chi connectivity index (χ3n) is 5.36. The molecule has 2 heterocycles. The van der Waals surface area contributed by atoms with Gasteiger partial charge in [0.15, 0.2) is 11.5 Å². The number of carbonyl (C=O) groups excluding carboxylic acids is 2. The summed E-state index contributed by atoms with van der Waals surface area (Å²) in [5, 5.41) is 10.7. The van der Waals surface area contributed by atoms with Crippen LogP contribution < -0.4 is 0 Å².